The van der Waals surface area contributed by atoms with E-state index in [1.165, 1.54) is 6.42 Å². The van der Waals surface area contributed by atoms with Gasteiger partial charge in [0.25, 0.3) is 0 Å². The lowest BCUT2D eigenvalue weighted by molar-refractivity contribution is -0.130. The Kier molecular flexibility index (Phi) is 2.98. The van der Waals surface area contributed by atoms with Crippen LogP contribution < -0.4 is 4.74 Å². The molecule has 1 aromatic rings. The van der Waals surface area contributed by atoms with E-state index in [1.807, 2.05) is 29.2 Å². The molecular weight excluding hydrogens is 226 g/mol. The fourth-order valence-corrected chi connectivity index (χ4v) is 2.91. The molecule has 0 aromatic heterocycles. The third-order valence-electron chi connectivity index (χ3n) is 4.13. The van der Waals surface area contributed by atoms with Gasteiger partial charge in [0, 0.05) is 19.5 Å². The van der Waals surface area contributed by atoms with Crippen LogP contribution in [0.1, 0.15) is 18.4 Å². The van der Waals surface area contributed by atoms with Gasteiger partial charge in [0.15, 0.2) is 0 Å². The summed E-state index contributed by atoms with van der Waals surface area (Å²) >= 11 is 0. The lowest BCUT2D eigenvalue weighted by Crippen LogP contribution is -2.30. The van der Waals surface area contributed by atoms with Crippen LogP contribution in [0.5, 0.6) is 5.75 Å². The monoisotopic (exact) mass is 245 g/mol. The number of ether oxygens (including phenoxy) is 1. The number of hydrogen-bond donors (Lipinski definition) is 0. The summed E-state index contributed by atoms with van der Waals surface area (Å²) in [5.41, 5.74) is 1.12. The molecule has 0 bridgehead atoms. The molecule has 1 aromatic carbocycles. The van der Waals surface area contributed by atoms with Crippen LogP contribution in [0, 0.1) is 11.8 Å². The van der Waals surface area contributed by atoms with Gasteiger partial charge in [-0.05, 0) is 36.3 Å². The Morgan fingerprint density at radius 2 is 2.06 bits per heavy atom. The summed E-state index contributed by atoms with van der Waals surface area (Å²) < 4.78 is 5.30. The SMILES string of the molecule is COc1ccccc1CCC(=O)N1CC2CC2C1. The maximum Gasteiger partial charge on any atom is 0.222 e. The first kappa shape index (κ1) is 11.6. The minimum absolute atomic E-state index is 0.299. The van der Waals surface area contributed by atoms with Gasteiger partial charge in [0.2, 0.25) is 5.91 Å². The van der Waals surface area contributed by atoms with Gasteiger partial charge in [-0.2, -0.15) is 0 Å². The number of methoxy groups -OCH3 is 1. The van der Waals surface area contributed by atoms with Gasteiger partial charge in [0.05, 0.1) is 7.11 Å². The molecule has 0 N–H and O–H groups in total. The predicted octanol–water partition coefficient (Wildman–Crippen LogP) is 2.11. The molecule has 1 aliphatic heterocycles. The first-order chi connectivity index (χ1) is 8.78. The molecule has 3 nitrogen and oxygen atoms in total. The van der Waals surface area contributed by atoms with E-state index < -0.39 is 0 Å². The van der Waals surface area contributed by atoms with Gasteiger partial charge in [-0.25, -0.2) is 0 Å². The predicted molar refractivity (Wildman–Crippen MR) is 69.5 cm³/mol. The van der Waals surface area contributed by atoms with Crippen LogP contribution in [0.15, 0.2) is 24.3 Å². The van der Waals surface area contributed by atoms with Gasteiger partial charge in [-0.3, -0.25) is 4.79 Å². The van der Waals surface area contributed by atoms with Crippen LogP contribution in [-0.4, -0.2) is 31.0 Å². The molecule has 18 heavy (non-hydrogen) atoms. The van der Waals surface area contributed by atoms with Crippen molar-refractivity contribution >= 4 is 5.91 Å². The van der Waals surface area contributed by atoms with E-state index in [4.69, 9.17) is 4.74 Å². The van der Waals surface area contributed by atoms with Crippen LogP contribution >= 0.6 is 0 Å². The van der Waals surface area contributed by atoms with Crippen LogP contribution in [0.25, 0.3) is 0 Å². The normalized spacial score (nSPS) is 24.8. The number of carbonyl (C=O) groups excluding carboxylic acids is 1. The Balaban J connectivity index is 1.55. The summed E-state index contributed by atoms with van der Waals surface area (Å²) in [6.45, 7) is 1.99. The van der Waals surface area contributed by atoms with E-state index in [-0.39, 0.29) is 0 Å². The molecule has 2 atom stereocenters. The number of hydrogen-bond acceptors (Lipinski definition) is 2. The van der Waals surface area contributed by atoms with Crippen LogP contribution in [-0.2, 0) is 11.2 Å². The van der Waals surface area contributed by atoms with Crippen molar-refractivity contribution in [2.45, 2.75) is 19.3 Å². The van der Waals surface area contributed by atoms with Crippen LogP contribution in [0.2, 0.25) is 0 Å². The van der Waals surface area contributed by atoms with Crippen LogP contribution in [0.3, 0.4) is 0 Å². The van der Waals surface area contributed by atoms with Gasteiger partial charge in [-0.1, -0.05) is 18.2 Å². The highest BCUT2D eigenvalue weighted by molar-refractivity contribution is 5.77. The highest BCUT2D eigenvalue weighted by atomic mass is 16.5. The molecular formula is C15H19NO2. The van der Waals surface area contributed by atoms with Gasteiger partial charge >= 0.3 is 0 Å². The molecule has 1 amide bonds. The summed E-state index contributed by atoms with van der Waals surface area (Å²) in [6.07, 6.45) is 2.71. The number of carbonyl (C=O) groups is 1. The average Bonchev–Trinajstić information content (AvgIpc) is 3.02. The number of likely N-dealkylation sites (tertiary alicyclic amines) is 1. The van der Waals surface area contributed by atoms with Gasteiger partial charge in [0.1, 0.15) is 5.75 Å². The molecule has 1 heterocycles. The number of fused-ring (bicyclic) bond motifs is 1. The molecule has 0 radical (unpaired) electrons. The second kappa shape index (κ2) is 4.63. The molecule has 0 spiro atoms. The van der Waals surface area contributed by atoms with Crippen molar-refractivity contribution < 1.29 is 9.53 Å². The zero-order valence-electron chi connectivity index (χ0n) is 10.8. The largest absolute Gasteiger partial charge is 0.496 e. The lowest BCUT2D eigenvalue weighted by Gasteiger charge is -2.18. The number of amides is 1. The standard InChI is InChI=1S/C15H19NO2/c1-18-14-5-3-2-4-11(14)6-7-15(17)16-9-12-8-13(12)10-16/h2-5,12-13H,6-10H2,1H3. The smallest absolute Gasteiger partial charge is 0.222 e. The number of para-hydroxylation sites is 1. The molecule has 1 saturated carbocycles. The van der Waals surface area contributed by atoms with Crippen molar-refractivity contribution in [3.63, 3.8) is 0 Å². The summed E-state index contributed by atoms with van der Waals surface area (Å²) in [5.74, 6) is 2.82. The molecule has 3 heteroatoms. The Morgan fingerprint density at radius 1 is 1.33 bits per heavy atom. The van der Waals surface area contributed by atoms with E-state index in [0.29, 0.717) is 12.3 Å². The maximum atomic E-state index is 12.1. The molecule has 1 aliphatic carbocycles. The minimum Gasteiger partial charge on any atom is -0.496 e. The third kappa shape index (κ3) is 2.22. The Bertz CT molecular complexity index is 448. The second-order valence-corrected chi connectivity index (χ2v) is 5.37. The summed E-state index contributed by atoms with van der Waals surface area (Å²) in [7, 11) is 1.68. The third-order valence-corrected chi connectivity index (χ3v) is 4.13. The van der Waals surface area contributed by atoms with Crippen LogP contribution in [0.4, 0.5) is 0 Å². The molecule has 2 fully saturated rings. The quantitative estimate of drug-likeness (QED) is 0.813. The van der Waals surface area contributed by atoms with Crippen molar-refractivity contribution in [1.82, 2.24) is 4.90 Å². The Hall–Kier alpha value is -1.51. The zero-order chi connectivity index (χ0) is 12.5. The fourth-order valence-electron chi connectivity index (χ4n) is 2.91. The maximum absolute atomic E-state index is 12.1. The minimum atomic E-state index is 0.299. The summed E-state index contributed by atoms with van der Waals surface area (Å²) in [4.78, 5) is 14.1. The number of benzene rings is 1. The molecule has 2 unspecified atom stereocenters. The Morgan fingerprint density at radius 3 is 2.78 bits per heavy atom. The molecule has 3 rings (SSSR count). The van der Waals surface area contributed by atoms with E-state index in [0.717, 1.165) is 42.7 Å². The number of nitrogens with zero attached hydrogens (tertiary/aromatic N) is 1. The first-order valence-electron chi connectivity index (χ1n) is 6.67. The topological polar surface area (TPSA) is 29.5 Å². The zero-order valence-corrected chi connectivity index (χ0v) is 10.8. The second-order valence-electron chi connectivity index (χ2n) is 5.37. The average molecular weight is 245 g/mol. The Labute approximate surface area is 108 Å². The molecule has 96 valence electrons. The van der Waals surface area contributed by atoms with Gasteiger partial charge < -0.3 is 9.64 Å². The van der Waals surface area contributed by atoms with Crippen molar-refractivity contribution in [3.05, 3.63) is 29.8 Å². The molecule has 1 saturated heterocycles. The van der Waals surface area contributed by atoms with E-state index >= 15 is 0 Å². The van der Waals surface area contributed by atoms with Crippen molar-refractivity contribution in [1.29, 1.82) is 0 Å². The van der Waals surface area contributed by atoms with Crippen molar-refractivity contribution in [2.24, 2.45) is 11.8 Å². The highest BCUT2D eigenvalue weighted by Crippen LogP contribution is 2.45. The molecule has 2 aliphatic rings. The summed E-state index contributed by atoms with van der Waals surface area (Å²) in [6, 6.07) is 7.93. The van der Waals surface area contributed by atoms with E-state index in [1.54, 1.807) is 7.11 Å². The number of piperidine rings is 1. The van der Waals surface area contributed by atoms with E-state index in [9.17, 15) is 4.79 Å². The van der Waals surface area contributed by atoms with Crippen molar-refractivity contribution in [2.75, 3.05) is 20.2 Å². The van der Waals surface area contributed by atoms with Crippen molar-refractivity contribution in [3.8, 4) is 5.75 Å². The lowest BCUT2D eigenvalue weighted by atomic mass is 10.1. The number of rotatable bonds is 4. The van der Waals surface area contributed by atoms with E-state index in [2.05, 4.69) is 0 Å². The first-order valence-corrected chi connectivity index (χ1v) is 6.67. The number of aryl methyl sites for hydroxylation is 1. The van der Waals surface area contributed by atoms with Gasteiger partial charge in [-0.15, -0.1) is 0 Å². The fraction of sp³-hybridized carbons (Fsp3) is 0.533. The highest BCUT2D eigenvalue weighted by Gasteiger charge is 2.46. The summed E-state index contributed by atoms with van der Waals surface area (Å²) in [5, 5.41) is 0.